The first-order valence-electron chi connectivity index (χ1n) is 5.00. The minimum absolute atomic E-state index is 0. The summed E-state index contributed by atoms with van der Waals surface area (Å²) >= 11 is 2.88. The Kier molecular flexibility index (Phi) is 66.5. The molecule has 0 spiro atoms. The molecule has 0 nitrogen and oxygen atoms in total. The van der Waals surface area contributed by atoms with E-state index in [1.807, 2.05) is 0 Å². The van der Waals surface area contributed by atoms with Crippen molar-refractivity contribution in [3.63, 3.8) is 0 Å². The summed E-state index contributed by atoms with van der Waals surface area (Å²) in [6.45, 7) is 0. The van der Waals surface area contributed by atoms with Crippen LogP contribution in [-0.4, -0.2) is 76.2 Å². The third kappa shape index (κ3) is 280. The summed E-state index contributed by atoms with van der Waals surface area (Å²) in [6.07, 6.45) is 0. The van der Waals surface area contributed by atoms with E-state index in [-0.39, 0.29) is 89.3 Å². The fourth-order valence-corrected chi connectivity index (χ4v) is 0. The van der Waals surface area contributed by atoms with E-state index >= 15 is 0 Å². The zero-order chi connectivity index (χ0) is 14.4. The normalized spacial score (nSPS) is 8.33. The van der Waals surface area contributed by atoms with Crippen LogP contribution in [0.2, 0.25) is 51.8 Å². The van der Waals surface area contributed by atoms with Crippen molar-refractivity contribution in [3.05, 3.63) is 0 Å². The van der Waals surface area contributed by atoms with E-state index in [1.165, 1.54) is 0 Å². The van der Waals surface area contributed by atoms with Gasteiger partial charge in [0.05, 0.1) is 0 Å². The Hall–Kier alpha value is 5.80. The molecular weight excluding hydrogens is 911 g/mol. The number of rotatable bonds is 0. The molecular formula is C9H33ClGe5I2Sm. The van der Waals surface area contributed by atoms with Crippen molar-refractivity contribution in [3.8, 4) is 0 Å². The second-order valence-electron chi connectivity index (χ2n) is 5.13. The first-order chi connectivity index (χ1) is 6.88. The van der Waals surface area contributed by atoms with Crippen LogP contribution in [0, 0.1) is 25.5 Å². The Bertz CT molecular complexity index is 98.1. The minimum atomic E-state index is -1.53. The SMILES string of the molecule is [CH3][Ge]([CH3])([CH3])[Cl].[CH3][Ge]([CH3])[CH3].[CH3][Ge]([CH3])[CH3].[GeH3].[GeH3].[I][Sm][I]. The molecule has 0 bridgehead atoms. The van der Waals surface area contributed by atoms with Crippen molar-refractivity contribution in [1.82, 2.24) is 0 Å². The van der Waals surface area contributed by atoms with Crippen LogP contribution in [0.15, 0.2) is 0 Å². The van der Waals surface area contributed by atoms with Crippen molar-refractivity contribution < 1.29 is 25.5 Å². The quantitative estimate of drug-likeness (QED) is 0.253. The molecule has 0 aromatic heterocycles. The third-order valence-corrected chi connectivity index (χ3v) is 0. The molecule has 0 aliphatic heterocycles. The van der Waals surface area contributed by atoms with Crippen molar-refractivity contribution in [2.75, 3.05) is 0 Å². The molecule has 0 saturated heterocycles. The van der Waals surface area contributed by atoms with Gasteiger partial charge in [-0.2, -0.15) is 0 Å². The summed E-state index contributed by atoms with van der Waals surface area (Å²) in [4.78, 5) is 0. The van der Waals surface area contributed by atoms with E-state index in [4.69, 9.17) is 10.0 Å². The van der Waals surface area contributed by atoms with Crippen LogP contribution in [-0.2, 0) is 0 Å². The van der Waals surface area contributed by atoms with Crippen LogP contribution in [0.25, 0.3) is 0 Å². The van der Waals surface area contributed by atoms with Crippen LogP contribution in [0.3, 0.4) is 0 Å². The van der Waals surface area contributed by atoms with Gasteiger partial charge in [0, 0.05) is 0 Å². The second-order valence-corrected chi connectivity index (χ2v) is 51.7. The average molecular weight is 944 g/mol. The number of hydrogen-bond acceptors (Lipinski definition) is 0. The molecule has 0 aromatic rings. The van der Waals surface area contributed by atoms with Crippen molar-refractivity contribution >= 4 is 115 Å². The topological polar surface area (TPSA) is 0 Å². The van der Waals surface area contributed by atoms with Crippen molar-refractivity contribution in [2.45, 2.75) is 51.8 Å². The molecule has 116 valence electrons. The molecule has 4 radical (unpaired) electrons. The molecule has 0 atom stereocenters. The molecule has 0 aliphatic rings. The van der Waals surface area contributed by atoms with Gasteiger partial charge in [-0.25, -0.2) is 0 Å². The van der Waals surface area contributed by atoms with E-state index in [9.17, 15) is 0 Å². The summed E-state index contributed by atoms with van der Waals surface area (Å²) in [7, 11) is 5.72. The van der Waals surface area contributed by atoms with Gasteiger partial charge in [-0.3, -0.25) is 0 Å². The van der Waals surface area contributed by atoms with Gasteiger partial charge in [-0.15, -0.1) is 0 Å². The van der Waals surface area contributed by atoms with Gasteiger partial charge in [0.1, 0.15) is 0 Å². The predicted molar refractivity (Wildman–Crippen MR) is 124 cm³/mol. The second kappa shape index (κ2) is 30.7. The molecule has 0 unspecified atom stereocenters. The van der Waals surface area contributed by atoms with Crippen molar-refractivity contribution in [1.29, 1.82) is 0 Å². The standard InChI is InChI=1S/C3H9ClGe.2C3H9Ge.2GeH3.2HI.Sm/c1-5(2,3)4;2*1-4(2)3;;;;;/h1-3H3;2*1-3H3;2*1H3;2*1H;/q;;;;;;;+2/p-2. The van der Waals surface area contributed by atoms with E-state index < -0.39 is 12.3 Å². The zero-order valence-electron chi connectivity index (χ0n) is 14.0. The third-order valence-electron chi connectivity index (χ3n) is 0. The monoisotopic (exact) mass is 952 g/mol. The molecule has 0 saturated carbocycles. The molecule has 9 heteroatoms. The fraction of sp³-hybridized carbons (Fsp3) is 1.00. The Morgan fingerprint density at radius 2 is 0.778 bits per heavy atom. The van der Waals surface area contributed by atoms with Crippen LogP contribution in [0.1, 0.15) is 0 Å². The van der Waals surface area contributed by atoms with Gasteiger partial charge in [0.15, 0.2) is 0 Å². The fourth-order valence-electron chi connectivity index (χ4n) is 0. The van der Waals surface area contributed by atoms with Gasteiger partial charge in [-0.05, 0) is 0 Å². The molecule has 0 fully saturated rings. The molecule has 0 rings (SSSR count). The molecule has 0 aromatic carbocycles. The van der Waals surface area contributed by atoms with Gasteiger partial charge in [0.25, 0.3) is 0 Å². The first-order valence-corrected chi connectivity index (χ1v) is 41.7. The molecule has 0 aliphatic carbocycles. The maximum absolute atomic E-state index is 5.72. The predicted octanol–water partition coefficient (Wildman–Crippen LogP) is 4.20. The molecule has 0 heterocycles. The first kappa shape index (κ1) is 39.1. The van der Waals surface area contributed by atoms with Crippen molar-refractivity contribution in [2.24, 2.45) is 0 Å². The Morgan fingerprint density at radius 3 is 0.778 bits per heavy atom. The van der Waals surface area contributed by atoms with Gasteiger partial charge >= 0.3 is 192 Å². The Balaban J connectivity index is -0.0000000261. The summed E-state index contributed by atoms with van der Waals surface area (Å²) in [5.41, 5.74) is 0. The van der Waals surface area contributed by atoms with Crippen LogP contribution < -0.4 is 0 Å². The summed E-state index contributed by atoms with van der Waals surface area (Å²) in [6, 6.07) is 0. The summed E-state index contributed by atoms with van der Waals surface area (Å²) in [5, 5.41) is 0. The van der Waals surface area contributed by atoms with E-state index in [0.29, 0.717) is 0 Å². The van der Waals surface area contributed by atoms with Crippen LogP contribution >= 0.6 is 38.6 Å². The van der Waals surface area contributed by atoms with E-state index in [2.05, 4.69) is 80.4 Å². The molecule has 18 heavy (non-hydrogen) atoms. The van der Waals surface area contributed by atoms with Gasteiger partial charge in [-0.1, -0.05) is 0 Å². The average Bonchev–Trinajstić information content (AvgIpc) is 1.78. The molecule has 0 N–H and O–H groups in total. The number of hydrogen-bond donors (Lipinski definition) is 0. The van der Waals surface area contributed by atoms with E-state index in [0.717, 1.165) is 0 Å². The van der Waals surface area contributed by atoms with Gasteiger partial charge in [0.2, 0.25) is 0 Å². The molecule has 0 amide bonds. The summed E-state index contributed by atoms with van der Waals surface area (Å²) in [5.74, 6) is 20.4. The maximum atomic E-state index is 5.72. The Labute approximate surface area is 187 Å². The Morgan fingerprint density at radius 1 is 0.778 bits per heavy atom. The van der Waals surface area contributed by atoms with Gasteiger partial charge < -0.3 is 0 Å². The zero-order valence-corrected chi connectivity index (χ0v) is 36.4. The van der Waals surface area contributed by atoms with Crippen LogP contribution in [0.4, 0.5) is 0 Å². The number of halogens is 3. The van der Waals surface area contributed by atoms with Crippen LogP contribution in [0.5, 0.6) is 0 Å². The summed E-state index contributed by atoms with van der Waals surface area (Å²) < 4.78 is 0. The van der Waals surface area contributed by atoms with E-state index in [1.54, 1.807) is 0 Å².